The summed E-state index contributed by atoms with van der Waals surface area (Å²) < 4.78 is 0. The van der Waals surface area contributed by atoms with Crippen LogP contribution in [-0.4, -0.2) is 57.3 Å². The molecule has 0 spiro atoms. The molecular weight excluding hydrogens is 659 g/mol. The fourth-order valence-corrected chi connectivity index (χ4v) is 6.97. The number of rotatable bonds is 41. The minimum absolute atomic E-state index is 0.362. The van der Waals surface area contributed by atoms with Crippen molar-refractivity contribution in [2.75, 3.05) is 6.61 Å². The van der Waals surface area contributed by atoms with Crippen molar-refractivity contribution in [1.29, 1.82) is 0 Å². The first kappa shape index (κ1) is 51.5. The first-order chi connectivity index (χ1) is 26.0. The van der Waals surface area contributed by atoms with E-state index < -0.39 is 36.9 Å². The zero-order valence-corrected chi connectivity index (χ0v) is 35.0. The zero-order valence-electron chi connectivity index (χ0n) is 35.0. The Morgan fingerprint density at radius 3 is 1.34 bits per heavy atom. The van der Waals surface area contributed by atoms with Crippen molar-refractivity contribution in [3.63, 3.8) is 0 Å². The highest BCUT2D eigenvalue weighted by atomic mass is 16.3. The van der Waals surface area contributed by atoms with Gasteiger partial charge < -0.3 is 25.7 Å². The van der Waals surface area contributed by atoms with Gasteiger partial charge in [-0.2, -0.15) is 0 Å². The van der Waals surface area contributed by atoms with E-state index in [4.69, 9.17) is 0 Å². The average molecular weight is 748 g/mol. The Labute approximate surface area is 328 Å². The highest BCUT2D eigenvalue weighted by Crippen LogP contribution is 2.16. The second-order valence-corrected chi connectivity index (χ2v) is 15.7. The molecule has 0 radical (unpaired) electrons. The molecule has 4 unspecified atom stereocenters. The lowest BCUT2D eigenvalue weighted by Gasteiger charge is -2.27. The molecule has 0 aromatic carbocycles. The van der Waals surface area contributed by atoms with Gasteiger partial charge in [0, 0.05) is 0 Å². The smallest absolute Gasteiger partial charge is 0.249 e. The van der Waals surface area contributed by atoms with Crippen LogP contribution in [0.3, 0.4) is 0 Å². The van der Waals surface area contributed by atoms with Crippen LogP contribution in [0.25, 0.3) is 0 Å². The third-order valence-corrected chi connectivity index (χ3v) is 10.6. The van der Waals surface area contributed by atoms with Crippen molar-refractivity contribution in [3.05, 3.63) is 36.5 Å². The van der Waals surface area contributed by atoms with Crippen molar-refractivity contribution in [1.82, 2.24) is 5.32 Å². The Bertz CT molecular complexity index is 843. The van der Waals surface area contributed by atoms with E-state index in [1.165, 1.54) is 148 Å². The molecule has 0 rings (SSSR count). The number of carbonyl (C=O) groups is 1. The third kappa shape index (κ3) is 36.0. The molecule has 0 heterocycles. The van der Waals surface area contributed by atoms with Crippen LogP contribution in [0.15, 0.2) is 36.5 Å². The lowest BCUT2D eigenvalue weighted by molar-refractivity contribution is -0.132. The molecule has 0 aromatic heterocycles. The van der Waals surface area contributed by atoms with Gasteiger partial charge in [0.25, 0.3) is 0 Å². The number of carbonyl (C=O) groups excluding carboxylic acids is 1. The molecule has 6 heteroatoms. The van der Waals surface area contributed by atoms with Crippen LogP contribution in [0.4, 0.5) is 0 Å². The van der Waals surface area contributed by atoms with Crippen molar-refractivity contribution in [2.45, 2.75) is 250 Å². The molecule has 0 aliphatic carbocycles. The van der Waals surface area contributed by atoms with Crippen LogP contribution >= 0.6 is 0 Å². The predicted molar refractivity (Wildman–Crippen MR) is 228 cm³/mol. The number of aliphatic hydroxyl groups excluding tert-OH is 4. The first-order valence-corrected chi connectivity index (χ1v) is 22.9. The van der Waals surface area contributed by atoms with Crippen LogP contribution in [0.5, 0.6) is 0 Å². The van der Waals surface area contributed by atoms with Gasteiger partial charge >= 0.3 is 0 Å². The van der Waals surface area contributed by atoms with Gasteiger partial charge in [0.1, 0.15) is 12.2 Å². The average Bonchev–Trinajstić information content (AvgIpc) is 3.16. The maximum atomic E-state index is 12.5. The number of aliphatic hydroxyl groups is 4. The molecule has 0 bridgehead atoms. The maximum Gasteiger partial charge on any atom is 0.249 e. The molecule has 0 fully saturated rings. The summed E-state index contributed by atoms with van der Waals surface area (Å²) in [4.78, 5) is 12.5. The van der Waals surface area contributed by atoms with Crippen molar-refractivity contribution >= 4 is 5.91 Å². The second-order valence-electron chi connectivity index (χ2n) is 15.7. The lowest BCUT2D eigenvalue weighted by atomic mass is 10.00. The largest absolute Gasteiger partial charge is 0.394 e. The zero-order chi connectivity index (χ0) is 38.9. The van der Waals surface area contributed by atoms with Gasteiger partial charge in [-0.15, -0.1) is 0 Å². The topological polar surface area (TPSA) is 110 Å². The molecule has 53 heavy (non-hydrogen) atoms. The van der Waals surface area contributed by atoms with E-state index in [0.29, 0.717) is 12.8 Å². The Balaban J connectivity index is 3.74. The first-order valence-electron chi connectivity index (χ1n) is 22.9. The molecule has 0 aliphatic heterocycles. The SMILES string of the molecule is CC/C=C\C/C=C\CCCCCCCCCCCCCCCC(O)C(=O)NC(CO)C(O)C(O)CCC/C=C/CCCCCCCCCCCCCC. The van der Waals surface area contributed by atoms with E-state index in [0.717, 1.165) is 51.4 Å². The number of allylic oxidation sites excluding steroid dienone is 6. The fraction of sp³-hybridized carbons (Fsp3) is 0.851. The predicted octanol–water partition coefficient (Wildman–Crippen LogP) is 12.1. The molecule has 4 atom stereocenters. The van der Waals surface area contributed by atoms with Crippen molar-refractivity contribution in [2.24, 2.45) is 0 Å². The number of unbranched alkanes of at least 4 members (excludes halogenated alkanes) is 26. The Morgan fingerprint density at radius 2 is 0.887 bits per heavy atom. The van der Waals surface area contributed by atoms with Crippen LogP contribution in [0.2, 0.25) is 0 Å². The summed E-state index contributed by atoms with van der Waals surface area (Å²) in [5, 5.41) is 43.7. The van der Waals surface area contributed by atoms with Gasteiger partial charge in [-0.05, 0) is 64.2 Å². The van der Waals surface area contributed by atoms with E-state index >= 15 is 0 Å². The standard InChI is InChI=1S/C47H89NO5/c1-3-5-7-9-11-13-15-17-19-21-22-23-25-27-29-31-33-35-37-39-41-45(51)47(53)48-43(42-49)46(52)44(50)40-38-36-34-32-30-28-26-24-20-18-16-14-12-10-8-6-4-2/h5,7,11,13,32,34,43-46,49-52H,3-4,6,8-10,12,14-31,33,35-42H2,1-2H3,(H,48,53)/b7-5-,13-11-,34-32+. The van der Waals surface area contributed by atoms with Gasteiger partial charge in [-0.3, -0.25) is 4.79 Å². The second kappa shape index (κ2) is 41.7. The highest BCUT2D eigenvalue weighted by molar-refractivity contribution is 5.80. The normalized spacial score (nSPS) is 14.5. The summed E-state index contributed by atoms with van der Waals surface area (Å²) >= 11 is 0. The van der Waals surface area contributed by atoms with Gasteiger partial charge in [0.2, 0.25) is 5.91 Å². The van der Waals surface area contributed by atoms with Gasteiger partial charge in [0.05, 0.1) is 18.8 Å². The van der Waals surface area contributed by atoms with Gasteiger partial charge in [0.15, 0.2) is 0 Å². The maximum absolute atomic E-state index is 12.5. The Kier molecular flexibility index (Phi) is 40.5. The monoisotopic (exact) mass is 748 g/mol. The summed E-state index contributed by atoms with van der Waals surface area (Å²) in [5.41, 5.74) is 0. The van der Waals surface area contributed by atoms with Crippen molar-refractivity contribution in [3.8, 4) is 0 Å². The van der Waals surface area contributed by atoms with Gasteiger partial charge in [-0.1, -0.05) is 198 Å². The van der Waals surface area contributed by atoms with E-state index in [9.17, 15) is 25.2 Å². The van der Waals surface area contributed by atoms with Crippen LogP contribution < -0.4 is 5.32 Å². The van der Waals surface area contributed by atoms with E-state index in [-0.39, 0.29) is 0 Å². The summed E-state index contributed by atoms with van der Waals surface area (Å²) in [7, 11) is 0. The molecular formula is C47H89NO5. The number of amides is 1. The quantitative estimate of drug-likeness (QED) is 0.0316. The lowest BCUT2D eigenvalue weighted by Crippen LogP contribution is -2.53. The molecule has 0 aliphatic rings. The molecule has 1 amide bonds. The fourth-order valence-electron chi connectivity index (χ4n) is 6.97. The number of nitrogens with one attached hydrogen (secondary N) is 1. The number of hydrogen-bond donors (Lipinski definition) is 5. The van der Waals surface area contributed by atoms with E-state index in [2.05, 4.69) is 55.6 Å². The van der Waals surface area contributed by atoms with Crippen LogP contribution in [0, 0.1) is 0 Å². The molecule has 0 aromatic rings. The van der Waals surface area contributed by atoms with E-state index in [1.807, 2.05) is 0 Å². The number of hydrogen-bond acceptors (Lipinski definition) is 5. The summed E-state index contributed by atoms with van der Waals surface area (Å²) in [6, 6.07) is -1.00. The summed E-state index contributed by atoms with van der Waals surface area (Å²) in [6.07, 6.45) is 48.9. The minimum atomic E-state index is -1.28. The molecule has 0 saturated heterocycles. The minimum Gasteiger partial charge on any atom is -0.394 e. The van der Waals surface area contributed by atoms with Crippen LogP contribution in [-0.2, 0) is 4.79 Å². The summed E-state index contributed by atoms with van der Waals surface area (Å²) in [5.74, 6) is -0.594. The van der Waals surface area contributed by atoms with Crippen molar-refractivity contribution < 1.29 is 25.2 Å². The molecule has 0 saturated carbocycles. The molecule has 5 N–H and O–H groups in total. The van der Waals surface area contributed by atoms with Crippen LogP contribution in [0.1, 0.15) is 226 Å². The Hall–Kier alpha value is -1.47. The molecule has 6 nitrogen and oxygen atoms in total. The molecule has 312 valence electrons. The third-order valence-electron chi connectivity index (χ3n) is 10.6. The Morgan fingerprint density at radius 1 is 0.491 bits per heavy atom. The highest BCUT2D eigenvalue weighted by Gasteiger charge is 2.28. The van der Waals surface area contributed by atoms with Gasteiger partial charge in [-0.25, -0.2) is 0 Å². The summed E-state index contributed by atoms with van der Waals surface area (Å²) in [6.45, 7) is 3.94. The van der Waals surface area contributed by atoms with E-state index in [1.54, 1.807) is 0 Å².